The van der Waals surface area contributed by atoms with E-state index in [2.05, 4.69) is 18.0 Å². The van der Waals surface area contributed by atoms with E-state index < -0.39 is 59.8 Å². The number of unbranched alkanes of at least 4 members (excludes halogenated alkanes) is 18. The van der Waals surface area contributed by atoms with E-state index in [1.54, 1.807) is 0 Å². The van der Waals surface area contributed by atoms with E-state index in [4.69, 9.17) is 23.5 Å². The van der Waals surface area contributed by atoms with Crippen LogP contribution in [0.2, 0.25) is 0 Å². The number of rotatable bonds is 31. The first kappa shape index (κ1) is 44.1. The topological polar surface area (TPSA) is 178 Å². The van der Waals surface area contributed by atoms with Crippen molar-refractivity contribution in [1.29, 1.82) is 0 Å². The highest BCUT2D eigenvalue weighted by atomic mass is 32.3. The van der Waals surface area contributed by atoms with Gasteiger partial charge in [-0.25, -0.2) is 4.18 Å². The summed E-state index contributed by atoms with van der Waals surface area (Å²) in [6.45, 7) is 3.94. The normalized spacial score (nSPS) is 22.4. The van der Waals surface area contributed by atoms with Gasteiger partial charge in [0, 0.05) is 13.0 Å². The first-order chi connectivity index (χ1) is 22.6. The molecule has 1 rings (SSSR count). The Morgan fingerprint density at radius 1 is 0.723 bits per heavy atom. The van der Waals surface area contributed by atoms with Gasteiger partial charge in [-0.3, -0.25) is 9.35 Å². The van der Waals surface area contributed by atoms with E-state index in [0.717, 1.165) is 38.5 Å². The zero-order valence-corrected chi connectivity index (χ0v) is 29.9. The van der Waals surface area contributed by atoms with E-state index in [9.17, 15) is 28.5 Å². The largest absolute Gasteiger partial charge is 0.457 e. The molecule has 0 bridgehead atoms. The standard InChI is InChI=1S/C34H66O12S/c1-3-5-7-9-11-13-14-15-16-17-19-21-23-30(36)44-28(26-42-24-22-20-18-12-10-8-6-4-2)27-43-34-32(38)33(46-47(39,40)41)31(37)29(25-35)45-34/h28-29,31-35,37-38H,3-27H2,1-2H3,(H,39,40,41). The Bertz CT molecular complexity index is 858. The maximum atomic E-state index is 12.7. The molecule has 1 fully saturated rings. The van der Waals surface area contributed by atoms with Gasteiger partial charge in [-0.2, -0.15) is 8.42 Å². The van der Waals surface area contributed by atoms with Crippen molar-refractivity contribution < 1.29 is 56.2 Å². The SMILES string of the molecule is CCCCCCCCCCCCCCC(=O)OC(COCCCCCCCCCC)COC1OC(CO)C(O)C(OS(=O)(=O)O)C1O. The molecule has 280 valence electrons. The molecule has 12 nitrogen and oxygen atoms in total. The van der Waals surface area contributed by atoms with Gasteiger partial charge in [-0.1, -0.05) is 129 Å². The number of aliphatic hydroxyl groups excluding tert-OH is 3. The van der Waals surface area contributed by atoms with Gasteiger partial charge in [-0.05, 0) is 12.8 Å². The third-order valence-corrected chi connectivity index (χ3v) is 8.94. The van der Waals surface area contributed by atoms with Crippen LogP contribution in [-0.2, 0) is 38.3 Å². The minimum Gasteiger partial charge on any atom is -0.457 e. The Hall–Kier alpha value is -0.900. The van der Waals surface area contributed by atoms with Crippen LogP contribution in [0.15, 0.2) is 0 Å². The lowest BCUT2D eigenvalue weighted by molar-refractivity contribution is -0.301. The minimum absolute atomic E-state index is 0.0422. The van der Waals surface area contributed by atoms with Crippen molar-refractivity contribution in [3.63, 3.8) is 0 Å². The number of carbonyl (C=O) groups excluding carboxylic acids is 1. The van der Waals surface area contributed by atoms with Crippen LogP contribution in [0.3, 0.4) is 0 Å². The van der Waals surface area contributed by atoms with Gasteiger partial charge in [0.15, 0.2) is 6.29 Å². The molecule has 0 aromatic heterocycles. The summed E-state index contributed by atoms with van der Waals surface area (Å²) in [6, 6.07) is 0. The second kappa shape index (κ2) is 27.9. The predicted octanol–water partition coefficient (Wildman–Crippen LogP) is 5.79. The van der Waals surface area contributed by atoms with Crippen molar-refractivity contribution in [2.75, 3.05) is 26.4 Å². The molecule has 1 heterocycles. The molecule has 13 heteroatoms. The van der Waals surface area contributed by atoms with E-state index in [-0.39, 0.29) is 19.6 Å². The summed E-state index contributed by atoms with van der Waals surface area (Å²) in [5.41, 5.74) is 0. The molecule has 0 saturated carbocycles. The molecule has 0 aromatic carbocycles. The number of esters is 1. The minimum atomic E-state index is -5.05. The molecule has 0 aromatic rings. The van der Waals surface area contributed by atoms with Gasteiger partial charge in [0.05, 0.1) is 19.8 Å². The Morgan fingerprint density at radius 2 is 1.21 bits per heavy atom. The smallest absolute Gasteiger partial charge is 0.397 e. The Kier molecular flexibility index (Phi) is 26.2. The Labute approximate surface area is 284 Å². The first-order valence-corrected chi connectivity index (χ1v) is 19.7. The average Bonchev–Trinajstić information content (AvgIpc) is 3.03. The molecule has 1 saturated heterocycles. The van der Waals surface area contributed by atoms with E-state index in [0.29, 0.717) is 13.0 Å². The number of ether oxygens (including phenoxy) is 4. The molecule has 47 heavy (non-hydrogen) atoms. The maximum absolute atomic E-state index is 12.7. The van der Waals surface area contributed by atoms with Crippen LogP contribution in [0.25, 0.3) is 0 Å². The molecule has 0 radical (unpaired) electrons. The molecule has 6 unspecified atom stereocenters. The summed E-state index contributed by atoms with van der Waals surface area (Å²) >= 11 is 0. The van der Waals surface area contributed by atoms with Crippen LogP contribution in [0.5, 0.6) is 0 Å². The van der Waals surface area contributed by atoms with Gasteiger partial charge in [0.2, 0.25) is 0 Å². The zero-order valence-electron chi connectivity index (χ0n) is 29.1. The lowest BCUT2D eigenvalue weighted by Crippen LogP contribution is -2.60. The molecule has 6 atom stereocenters. The molecule has 1 aliphatic rings. The summed E-state index contributed by atoms with van der Waals surface area (Å²) in [6.07, 6.45) is 14.5. The van der Waals surface area contributed by atoms with Gasteiger partial charge in [0.1, 0.15) is 30.5 Å². The number of hydrogen-bond donors (Lipinski definition) is 4. The van der Waals surface area contributed by atoms with E-state index in [1.807, 2.05) is 0 Å². The summed E-state index contributed by atoms with van der Waals surface area (Å²) in [4.78, 5) is 12.7. The van der Waals surface area contributed by atoms with Crippen molar-refractivity contribution in [2.45, 2.75) is 185 Å². The molecule has 0 amide bonds. The fraction of sp³-hybridized carbons (Fsp3) is 0.971. The Balaban J connectivity index is 2.53. The summed E-state index contributed by atoms with van der Waals surface area (Å²) in [7, 11) is -5.05. The highest BCUT2D eigenvalue weighted by molar-refractivity contribution is 7.80. The third-order valence-electron chi connectivity index (χ3n) is 8.48. The summed E-state index contributed by atoms with van der Waals surface area (Å²) < 4.78 is 58.5. The van der Waals surface area contributed by atoms with Crippen molar-refractivity contribution in [3.8, 4) is 0 Å². The van der Waals surface area contributed by atoms with Gasteiger partial charge in [0.25, 0.3) is 0 Å². The molecule has 0 aliphatic carbocycles. The number of aliphatic hydroxyl groups is 3. The second-order valence-corrected chi connectivity index (χ2v) is 13.9. The quantitative estimate of drug-likeness (QED) is 0.0390. The van der Waals surface area contributed by atoms with Crippen LogP contribution in [0.1, 0.15) is 149 Å². The lowest BCUT2D eigenvalue weighted by Gasteiger charge is -2.41. The van der Waals surface area contributed by atoms with Crippen molar-refractivity contribution in [3.05, 3.63) is 0 Å². The third kappa shape index (κ3) is 22.4. The molecular formula is C34H66O12S. The molecular weight excluding hydrogens is 632 g/mol. The monoisotopic (exact) mass is 698 g/mol. The predicted molar refractivity (Wildman–Crippen MR) is 179 cm³/mol. The van der Waals surface area contributed by atoms with Crippen molar-refractivity contribution in [2.24, 2.45) is 0 Å². The zero-order chi connectivity index (χ0) is 34.8. The highest BCUT2D eigenvalue weighted by Crippen LogP contribution is 2.26. The Morgan fingerprint density at radius 3 is 1.70 bits per heavy atom. The number of hydrogen-bond acceptors (Lipinski definition) is 11. The van der Waals surface area contributed by atoms with Crippen LogP contribution >= 0.6 is 0 Å². The molecule has 0 spiro atoms. The van der Waals surface area contributed by atoms with E-state index in [1.165, 1.54) is 83.5 Å². The second-order valence-electron chi connectivity index (χ2n) is 12.8. The summed E-state index contributed by atoms with van der Waals surface area (Å²) in [5, 5.41) is 30.4. The lowest BCUT2D eigenvalue weighted by atomic mass is 9.99. The van der Waals surface area contributed by atoms with Crippen LogP contribution in [-0.4, -0.2) is 97.5 Å². The highest BCUT2D eigenvalue weighted by Gasteiger charge is 2.48. The summed E-state index contributed by atoms with van der Waals surface area (Å²) in [5.74, 6) is -0.400. The maximum Gasteiger partial charge on any atom is 0.397 e. The average molecular weight is 699 g/mol. The van der Waals surface area contributed by atoms with Crippen LogP contribution < -0.4 is 0 Å². The van der Waals surface area contributed by atoms with Crippen LogP contribution in [0, 0.1) is 0 Å². The van der Waals surface area contributed by atoms with Gasteiger partial charge < -0.3 is 34.3 Å². The fourth-order valence-electron chi connectivity index (χ4n) is 5.67. The fourth-order valence-corrected chi connectivity index (χ4v) is 6.18. The molecule has 4 N–H and O–H groups in total. The van der Waals surface area contributed by atoms with Crippen molar-refractivity contribution in [1.82, 2.24) is 0 Å². The number of carbonyl (C=O) groups is 1. The first-order valence-electron chi connectivity index (χ1n) is 18.3. The molecule has 1 aliphatic heterocycles. The van der Waals surface area contributed by atoms with Gasteiger partial charge >= 0.3 is 16.4 Å². The van der Waals surface area contributed by atoms with Crippen molar-refractivity contribution >= 4 is 16.4 Å². The van der Waals surface area contributed by atoms with Crippen LogP contribution in [0.4, 0.5) is 0 Å². The van der Waals surface area contributed by atoms with Gasteiger partial charge in [-0.15, -0.1) is 0 Å². The van der Waals surface area contributed by atoms with E-state index >= 15 is 0 Å².